The Morgan fingerprint density at radius 2 is 1.19 bits per heavy atom. The first-order valence-corrected chi connectivity index (χ1v) is 16.0. The molecule has 0 spiro atoms. The van der Waals surface area contributed by atoms with Gasteiger partial charge in [-0.3, -0.25) is 0 Å². The van der Waals surface area contributed by atoms with Crippen molar-refractivity contribution in [3.8, 4) is 45.2 Å². The van der Waals surface area contributed by atoms with E-state index in [9.17, 15) is 0 Å². The number of benzene rings is 7. The number of furan rings is 1. The van der Waals surface area contributed by atoms with E-state index in [1.54, 1.807) is 0 Å². The molecule has 5 heteroatoms. The minimum Gasteiger partial charge on any atom is -0.551 e. The molecule has 11 rings (SSSR count). The Labute approximate surface area is 270 Å². The van der Waals surface area contributed by atoms with Gasteiger partial charge in [-0.2, -0.15) is 0 Å². The quantitative estimate of drug-likeness (QED) is 0.185. The first kappa shape index (κ1) is 25.0. The van der Waals surface area contributed by atoms with Crippen LogP contribution in [-0.4, -0.2) is 11.5 Å². The van der Waals surface area contributed by atoms with E-state index >= 15 is 0 Å². The van der Waals surface area contributed by atoms with Gasteiger partial charge in [0.2, 0.25) is 0 Å². The Balaban J connectivity index is 1.15. The molecule has 9 aromatic rings. The van der Waals surface area contributed by atoms with Gasteiger partial charge in [0.05, 0.1) is 11.0 Å². The molecule has 0 N–H and O–H groups in total. The Hall–Kier alpha value is -6.20. The van der Waals surface area contributed by atoms with E-state index in [-0.39, 0.29) is 6.92 Å². The van der Waals surface area contributed by atoms with Crippen LogP contribution in [0.2, 0.25) is 0 Å². The van der Waals surface area contributed by atoms with Crippen molar-refractivity contribution < 1.29 is 13.8 Å². The molecule has 0 amide bonds. The fourth-order valence-corrected chi connectivity index (χ4v) is 7.86. The lowest BCUT2D eigenvalue weighted by Gasteiger charge is -2.33. The zero-order valence-corrected chi connectivity index (χ0v) is 25.1. The Kier molecular flexibility index (Phi) is 4.89. The summed E-state index contributed by atoms with van der Waals surface area (Å²) in [4.78, 5) is 0. The summed E-state index contributed by atoms with van der Waals surface area (Å²) in [6.45, 7) is -0.287. The van der Waals surface area contributed by atoms with Gasteiger partial charge in [0, 0.05) is 49.8 Å². The molecule has 0 saturated heterocycles. The number of hydrogen-bond donors (Lipinski definition) is 0. The molecule has 47 heavy (non-hydrogen) atoms. The standard InChI is InChI=1S/C42H24BNO3/c1-5-15-34-28(10-1)29-11-2-6-16-35(29)44(34)26-20-21-33-39(24-26)46-40-23-25(22-32-30-12-3-8-18-37(30)47-43(33)42(32)40)27-14-9-19-38-41(27)31-13-4-7-17-36(31)45-38/h1-24H. The molecule has 2 aliphatic heterocycles. The highest BCUT2D eigenvalue weighted by Gasteiger charge is 2.41. The van der Waals surface area contributed by atoms with Gasteiger partial charge in [0.1, 0.15) is 28.4 Å². The molecular weight excluding hydrogens is 577 g/mol. The van der Waals surface area contributed by atoms with E-state index in [0.29, 0.717) is 0 Å². The average Bonchev–Trinajstić information content (AvgIpc) is 3.67. The first-order valence-electron chi connectivity index (χ1n) is 16.0. The molecule has 0 radical (unpaired) electrons. The van der Waals surface area contributed by atoms with Gasteiger partial charge in [-0.1, -0.05) is 91.0 Å². The van der Waals surface area contributed by atoms with Crippen LogP contribution in [0.4, 0.5) is 0 Å². The second kappa shape index (κ2) is 9.18. The maximum Gasteiger partial charge on any atom is 0.434 e. The average molecular weight is 601 g/mol. The predicted molar refractivity (Wildman–Crippen MR) is 191 cm³/mol. The van der Waals surface area contributed by atoms with Crippen molar-refractivity contribution in [2.75, 3.05) is 0 Å². The smallest absolute Gasteiger partial charge is 0.434 e. The minimum atomic E-state index is -0.287. The number of fused-ring (bicyclic) bond motifs is 10. The van der Waals surface area contributed by atoms with Crippen LogP contribution in [0, 0.1) is 0 Å². The maximum atomic E-state index is 6.93. The highest BCUT2D eigenvalue weighted by atomic mass is 16.5. The lowest BCUT2D eigenvalue weighted by Crippen LogP contribution is -2.53. The van der Waals surface area contributed by atoms with E-state index in [2.05, 4.69) is 126 Å². The van der Waals surface area contributed by atoms with Crippen LogP contribution < -0.4 is 20.3 Å². The van der Waals surface area contributed by atoms with Crippen molar-refractivity contribution in [2.45, 2.75) is 0 Å². The third kappa shape index (κ3) is 3.43. The van der Waals surface area contributed by atoms with Gasteiger partial charge in [-0.15, -0.1) is 0 Å². The van der Waals surface area contributed by atoms with Crippen molar-refractivity contribution in [3.05, 3.63) is 146 Å². The predicted octanol–water partition coefficient (Wildman–Crippen LogP) is 9.62. The second-order valence-electron chi connectivity index (χ2n) is 12.4. The Morgan fingerprint density at radius 1 is 0.489 bits per heavy atom. The van der Waals surface area contributed by atoms with Crippen molar-refractivity contribution in [3.63, 3.8) is 0 Å². The fourth-order valence-electron chi connectivity index (χ4n) is 7.86. The summed E-state index contributed by atoms with van der Waals surface area (Å²) in [5, 5.41) is 4.68. The van der Waals surface area contributed by atoms with Crippen LogP contribution in [0.15, 0.2) is 150 Å². The number of hydrogen-bond acceptors (Lipinski definition) is 3. The summed E-state index contributed by atoms with van der Waals surface area (Å²) >= 11 is 0. The largest absolute Gasteiger partial charge is 0.551 e. The Bertz CT molecular complexity index is 2720. The number of aromatic nitrogens is 1. The van der Waals surface area contributed by atoms with Crippen molar-refractivity contribution in [1.82, 2.24) is 4.57 Å². The topological polar surface area (TPSA) is 36.5 Å². The minimum absolute atomic E-state index is 0.287. The first-order chi connectivity index (χ1) is 23.3. The van der Waals surface area contributed by atoms with Crippen LogP contribution in [0.3, 0.4) is 0 Å². The van der Waals surface area contributed by atoms with Crippen molar-refractivity contribution in [1.29, 1.82) is 0 Å². The van der Waals surface area contributed by atoms with Crippen LogP contribution in [0.1, 0.15) is 0 Å². The summed E-state index contributed by atoms with van der Waals surface area (Å²) in [6, 6.07) is 51.0. The van der Waals surface area contributed by atoms with Gasteiger partial charge in [-0.05, 0) is 65.2 Å². The number of ether oxygens (including phenoxy) is 1. The SMILES string of the molecule is c1ccc2c(c1)OB1c3ccc(-n4c5ccccc5c5ccccc54)cc3Oc3cc(-c4cccc5oc6ccccc6c45)cc-2c31. The lowest BCUT2D eigenvalue weighted by atomic mass is 9.50. The van der Waals surface area contributed by atoms with Gasteiger partial charge in [0.25, 0.3) is 0 Å². The highest BCUT2D eigenvalue weighted by molar-refractivity contribution is 6.84. The van der Waals surface area contributed by atoms with Gasteiger partial charge < -0.3 is 18.4 Å². The van der Waals surface area contributed by atoms with E-state index in [1.165, 1.54) is 10.8 Å². The van der Waals surface area contributed by atoms with E-state index in [0.717, 1.165) is 89.1 Å². The summed E-state index contributed by atoms with van der Waals surface area (Å²) in [5.41, 5.74) is 11.6. The number of para-hydroxylation sites is 4. The van der Waals surface area contributed by atoms with Crippen LogP contribution in [0.25, 0.3) is 71.7 Å². The zero-order valence-electron chi connectivity index (χ0n) is 25.1. The molecule has 0 fully saturated rings. The third-order valence-corrected chi connectivity index (χ3v) is 9.88. The molecule has 7 aromatic carbocycles. The molecule has 0 aliphatic carbocycles. The lowest BCUT2D eigenvalue weighted by molar-refractivity contribution is 0.479. The fraction of sp³-hybridized carbons (Fsp3) is 0. The summed E-state index contributed by atoms with van der Waals surface area (Å²) in [5.74, 6) is 2.49. The monoisotopic (exact) mass is 601 g/mol. The molecule has 0 unspecified atom stereocenters. The van der Waals surface area contributed by atoms with Gasteiger partial charge in [-0.25, -0.2) is 0 Å². The van der Waals surface area contributed by atoms with Gasteiger partial charge >= 0.3 is 6.92 Å². The molecular formula is C42H24BNO3. The van der Waals surface area contributed by atoms with Crippen LogP contribution in [0.5, 0.6) is 17.2 Å². The summed E-state index contributed by atoms with van der Waals surface area (Å²) < 4.78 is 22.3. The third-order valence-electron chi connectivity index (χ3n) is 9.88. The number of rotatable bonds is 2. The molecule has 0 bridgehead atoms. The molecule has 4 nitrogen and oxygen atoms in total. The van der Waals surface area contributed by atoms with Crippen LogP contribution >= 0.6 is 0 Å². The van der Waals surface area contributed by atoms with Crippen LogP contribution in [-0.2, 0) is 0 Å². The zero-order chi connectivity index (χ0) is 30.6. The molecule has 2 aromatic heterocycles. The van der Waals surface area contributed by atoms with E-state index in [4.69, 9.17) is 13.8 Å². The van der Waals surface area contributed by atoms with E-state index in [1.807, 2.05) is 24.3 Å². The molecule has 4 heterocycles. The highest BCUT2D eigenvalue weighted by Crippen LogP contribution is 2.44. The maximum absolute atomic E-state index is 6.93. The normalized spacial score (nSPS) is 13.0. The molecule has 218 valence electrons. The molecule has 0 atom stereocenters. The molecule has 0 saturated carbocycles. The second-order valence-corrected chi connectivity index (χ2v) is 12.4. The van der Waals surface area contributed by atoms with Crippen molar-refractivity contribution >= 4 is 61.6 Å². The summed E-state index contributed by atoms with van der Waals surface area (Å²) in [6.07, 6.45) is 0. The van der Waals surface area contributed by atoms with E-state index < -0.39 is 0 Å². The number of nitrogens with zero attached hydrogens (tertiary/aromatic N) is 1. The summed E-state index contributed by atoms with van der Waals surface area (Å²) in [7, 11) is 0. The van der Waals surface area contributed by atoms with Gasteiger partial charge in [0.15, 0.2) is 0 Å². The van der Waals surface area contributed by atoms with Crippen molar-refractivity contribution in [2.24, 2.45) is 0 Å². The Morgan fingerprint density at radius 3 is 2.04 bits per heavy atom. The molecule has 2 aliphatic rings.